The molecule has 0 bridgehead atoms. The highest BCUT2D eigenvalue weighted by atomic mass is 16.5. The van der Waals surface area contributed by atoms with Gasteiger partial charge in [0.15, 0.2) is 0 Å². The zero-order valence-corrected chi connectivity index (χ0v) is 16.9. The third-order valence-corrected chi connectivity index (χ3v) is 4.39. The van der Waals surface area contributed by atoms with Crippen LogP contribution in [0.4, 0.5) is 0 Å². The van der Waals surface area contributed by atoms with E-state index in [-0.39, 0.29) is 12.0 Å². The molecule has 1 aliphatic carbocycles. The maximum Gasteiger partial charge on any atom is 0.250 e. The highest BCUT2D eigenvalue weighted by Gasteiger charge is 2.19. The van der Waals surface area contributed by atoms with E-state index in [0.717, 1.165) is 18.4 Å². The third kappa shape index (κ3) is 6.51. The van der Waals surface area contributed by atoms with Gasteiger partial charge in [0, 0.05) is 25.5 Å². The number of ether oxygens (including phenoxy) is 1. The van der Waals surface area contributed by atoms with Gasteiger partial charge in [-0.2, -0.15) is 0 Å². The topological polar surface area (TPSA) is 83.4 Å². The van der Waals surface area contributed by atoms with Gasteiger partial charge >= 0.3 is 0 Å². The van der Waals surface area contributed by atoms with E-state index in [9.17, 15) is 9.59 Å². The smallest absolute Gasteiger partial charge is 0.250 e. The van der Waals surface area contributed by atoms with Crippen LogP contribution in [-0.2, 0) is 14.3 Å². The molecule has 27 heavy (non-hydrogen) atoms. The first-order valence-corrected chi connectivity index (χ1v) is 9.12. The van der Waals surface area contributed by atoms with Gasteiger partial charge in [0.05, 0.1) is 5.57 Å². The standard InChI is InChI=1S/C20H30N4O3/c1-7-18(27-17-10-9-11-17)22-12-14(3)16(5)23-19(24(8-2)13-25)15(4)20(26)21-6/h7,12-13,17H,1,8-11H2,2-6H3,(H,21,26)/b14-12+,19-15-,22-18+,23-16+. The SMILES string of the molecule is C=C\C(=N/C=C(C)/C(C)=N/C(=C(\C)C(=O)NC)N(C=O)CC)OC1CCC1. The van der Waals surface area contributed by atoms with Gasteiger partial charge < -0.3 is 10.1 Å². The molecule has 0 aromatic carbocycles. The van der Waals surface area contributed by atoms with Crippen LogP contribution < -0.4 is 5.32 Å². The highest BCUT2D eigenvalue weighted by Crippen LogP contribution is 2.22. The van der Waals surface area contributed by atoms with E-state index in [1.54, 1.807) is 26.1 Å². The first kappa shape index (κ1) is 22.3. The van der Waals surface area contributed by atoms with E-state index in [1.165, 1.54) is 18.4 Å². The minimum Gasteiger partial charge on any atom is -0.474 e. The molecule has 0 atom stereocenters. The summed E-state index contributed by atoms with van der Waals surface area (Å²) in [7, 11) is 1.54. The second kappa shape index (κ2) is 11.1. The van der Waals surface area contributed by atoms with E-state index >= 15 is 0 Å². The lowest BCUT2D eigenvalue weighted by molar-refractivity contribution is -0.117. The number of nitrogens with one attached hydrogen (secondary N) is 1. The largest absolute Gasteiger partial charge is 0.474 e. The predicted molar refractivity (Wildman–Crippen MR) is 108 cm³/mol. The van der Waals surface area contributed by atoms with Gasteiger partial charge in [0.2, 0.25) is 18.2 Å². The Hall–Kier alpha value is -2.70. The molecule has 1 fully saturated rings. The number of hydrogen-bond donors (Lipinski definition) is 1. The van der Waals surface area contributed by atoms with Crippen LogP contribution in [0.1, 0.15) is 47.0 Å². The van der Waals surface area contributed by atoms with Crippen LogP contribution in [0.25, 0.3) is 0 Å². The first-order chi connectivity index (χ1) is 12.9. The number of carbonyl (C=O) groups excluding carboxylic acids is 2. The van der Waals surface area contributed by atoms with Gasteiger partial charge in [-0.05, 0) is 58.6 Å². The fourth-order valence-electron chi connectivity index (χ4n) is 2.22. The Kier molecular flexibility index (Phi) is 9.19. The predicted octanol–water partition coefficient (Wildman–Crippen LogP) is 2.96. The molecular formula is C20H30N4O3. The molecule has 0 radical (unpaired) electrons. The minimum atomic E-state index is -0.288. The average molecular weight is 374 g/mol. The summed E-state index contributed by atoms with van der Waals surface area (Å²) in [6, 6.07) is 0. The van der Waals surface area contributed by atoms with Gasteiger partial charge in [0.1, 0.15) is 11.9 Å². The van der Waals surface area contributed by atoms with Crippen molar-refractivity contribution >= 4 is 23.9 Å². The van der Waals surface area contributed by atoms with Crippen LogP contribution in [-0.4, -0.2) is 48.5 Å². The normalized spacial score (nSPS) is 16.9. The highest BCUT2D eigenvalue weighted by molar-refractivity contribution is 6.00. The lowest BCUT2D eigenvalue weighted by Gasteiger charge is -2.25. The Morgan fingerprint density at radius 1 is 1.33 bits per heavy atom. The molecule has 0 aromatic heterocycles. The molecule has 7 heteroatoms. The molecule has 1 rings (SSSR count). The van der Waals surface area contributed by atoms with Crippen LogP contribution >= 0.6 is 0 Å². The van der Waals surface area contributed by atoms with Crippen molar-refractivity contribution in [3.05, 3.63) is 35.8 Å². The van der Waals surface area contributed by atoms with Gasteiger partial charge in [0.25, 0.3) is 0 Å². The van der Waals surface area contributed by atoms with Crippen LogP contribution in [0.5, 0.6) is 0 Å². The lowest BCUT2D eigenvalue weighted by Crippen LogP contribution is -2.27. The molecule has 1 saturated carbocycles. The fraction of sp³-hybridized carbons (Fsp3) is 0.500. The number of rotatable bonds is 9. The molecule has 0 spiro atoms. The van der Waals surface area contributed by atoms with Crippen molar-refractivity contribution in [3.63, 3.8) is 0 Å². The summed E-state index contributed by atoms with van der Waals surface area (Å²) in [5.41, 5.74) is 1.79. The van der Waals surface area contributed by atoms with E-state index < -0.39 is 0 Å². The van der Waals surface area contributed by atoms with E-state index in [1.807, 2.05) is 13.8 Å². The first-order valence-electron chi connectivity index (χ1n) is 9.12. The fourth-order valence-corrected chi connectivity index (χ4v) is 2.22. The monoisotopic (exact) mass is 374 g/mol. The summed E-state index contributed by atoms with van der Waals surface area (Å²) in [5, 5.41) is 2.55. The Balaban J connectivity index is 3.12. The average Bonchev–Trinajstić information content (AvgIpc) is 2.65. The van der Waals surface area contributed by atoms with Gasteiger partial charge in [-0.3, -0.25) is 14.5 Å². The Morgan fingerprint density at radius 3 is 2.44 bits per heavy atom. The molecule has 1 N–H and O–H groups in total. The van der Waals surface area contributed by atoms with Gasteiger partial charge in [-0.1, -0.05) is 6.58 Å². The summed E-state index contributed by atoms with van der Waals surface area (Å²) in [6.07, 6.45) is 7.39. The Morgan fingerprint density at radius 2 is 2.00 bits per heavy atom. The molecule has 0 saturated heterocycles. The molecule has 0 heterocycles. The van der Waals surface area contributed by atoms with Crippen molar-refractivity contribution in [2.24, 2.45) is 9.98 Å². The molecule has 7 nitrogen and oxygen atoms in total. The van der Waals surface area contributed by atoms with Crippen LogP contribution in [0, 0.1) is 0 Å². The lowest BCUT2D eigenvalue weighted by atomic mass is 9.96. The van der Waals surface area contributed by atoms with Crippen LogP contribution in [0.2, 0.25) is 0 Å². The third-order valence-electron chi connectivity index (χ3n) is 4.39. The van der Waals surface area contributed by atoms with Crippen molar-refractivity contribution < 1.29 is 14.3 Å². The molecule has 0 unspecified atom stereocenters. The molecule has 2 amide bonds. The Labute approximate surface area is 161 Å². The minimum absolute atomic E-state index is 0.223. The second-order valence-corrected chi connectivity index (χ2v) is 6.27. The Bertz CT molecular complexity index is 685. The molecule has 1 aliphatic rings. The summed E-state index contributed by atoms with van der Waals surface area (Å²) in [6.45, 7) is 11.2. The summed E-state index contributed by atoms with van der Waals surface area (Å²) in [5.74, 6) is 0.507. The summed E-state index contributed by atoms with van der Waals surface area (Å²) < 4.78 is 5.73. The number of carbonyl (C=O) groups is 2. The number of aliphatic imine (C=N–C) groups is 2. The maximum atomic E-state index is 12.0. The van der Waals surface area contributed by atoms with Crippen LogP contribution in [0.15, 0.2) is 45.8 Å². The number of hydrogen-bond acceptors (Lipinski definition) is 5. The number of nitrogens with zero attached hydrogens (tertiary/aromatic N) is 3. The second-order valence-electron chi connectivity index (χ2n) is 6.27. The van der Waals surface area contributed by atoms with E-state index in [0.29, 0.717) is 36.0 Å². The van der Waals surface area contributed by atoms with Crippen molar-refractivity contribution in [2.75, 3.05) is 13.6 Å². The molecule has 0 aliphatic heterocycles. The van der Waals surface area contributed by atoms with Crippen molar-refractivity contribution in [1.29, 1.82) is 0 Å². The van der Waals surface area contributed by atoms with Crippen molar-refractivity contribution in [2.45, 2.75) is 53.1 Å². The van der Waals surface area contributed by atoms with E-state index in [2.05, 4.69) is 21.9 Å². The van der Waals surface area contributed by atoms with Crippen LogP contribution in [0.3, 0.4) is 0 Å². The molecule has 0 aromatic rings. The zero-order chi connectivity index (χ0) is 20.4. The van der Waals surface area contributed by atoms with Crippen molar-refractivity contribution in [3.8, 4) is 0 Å². The quantitative estimate of drug-likeness (QED) is 0.291. The summed E-state index contributed by atoms with van der Waals surface area (Å²) >= 11 is 0. The van der Waals surface area contributed by atoms with Gasteiger partial charge in [-0.15, -0.1) is 0 Å². The number of amides is 2. The van der Waals surface area contributed by atoms with Crippen molar-refractivity contribution in [1.82, 2.24) is 10.2 Å². The number of likely N-dealkylation sites (N-methyl/N-ethyl adjacent to an activating group) is 1. The number of allylic oxidation sites excluding steroid dienone is 1. The zero-order valence-electron chi connectivity index (χ0n) is 16.9. The maximum absolute atomic E-state index is 12.0. The molecule has 148 valence electrons. The molecular weight excluding hydrogens is 344 g/mol. The van der Waals surface area contributed by atoms with Gasteiger partial charge in [-0.25, -0.2) is 9.98 Å². The van der Waals surface area contributed by atoms with E-state index in [4.69, 9.17) is 4.74 Å². The summed E-state index contributed by atoms with van der Waals surface area (Å²) in [4.78, 5) is 33.6.